The minimum Gasteiger partial charge on any atom is -0.319 e. The number of hydrogen-bond donors (Lipinski definition) is 1. The van der Waals surface area contributed by atoms with Crippen LogP contribution in [0.4, 0.5) is 0 Å². The van der Waals surface area contributed by atoms with Gasteiger partial charge in [-0.15, -0.1) is 0 Å². The van der Waals surface area contributed by atoms with E-state index in [1.807, 2.05) is 25.2 Å². The van der Waals surface area contributed by atoms with Gasteiger partial charge in [-0.1, -0.05) is 29.3 Å². The van der Waals surface area contributed by atoms with E-state index in [1.165, 1.54) is 12.0 Å². The van der Waals surface area contributed by atoms with Crippen LogP contribution >= 0.6 is 23.2 Å². The topological polar surface area (TPSA) is 12.0 Å². The molecule has 2 atom stereocenters. The lowest BCUT2D eigenvalue weighted by Gasteiger charge is -2.03. The summed E-state index contributed by atoms with van der Waals surface area (Å²) in [6.45, 7) is 1.07. The van der Waals surface area contributed by atoms with Crippen LogP contribution in [-0.4, -0.2) is 13.6 Å². The molecule has 76 valence electrons. The second-order valence-electron chi connectivity index (χ2n) is 3.83. The number of benzene rings is 1. The molecule has 0 heterocycles. The van der Waals surface area contributed by atoms with Crippen molar-refractivity contribution in [1.82, 2.24) is 5.32 Å². The Hall–Kier alpha value is -0.240. The van der Waals surface area contributed by atoms with Crippen molar-refractivity contribution in [2.45, 2.75) is 12.3 Å². The maximum absolute atomic E-state index is 6.13. The van der Waals surface area contributed by atoms with Crippen LogP contribution in [0.1, 0.15) is 17.9 Å². The average Bonchev–Trinajstić information content (AvgIpc) is 2.84. The predicted molar refractivity (Wildman–Crippen MR) is 61.2 cm³/mol. The molecule has 14 heavy (non-hydrogen) atoms. The molecule has 1 saturated carbocycles. The second-order valence-corrected chi connectivity index (χ2v) is 4.67. The molecule has 0 spiro atoms. The number of nitrogens with one attached hydrogen (secondary N) is 1. The molecule has 0 bridgehead atoms. The number of rotatable bonds is 3. The third-order valence-electron chi connectivity index (χ3n) is 2.75. The molecule has 1 aromatic rings. The van der Waals surface area contributed by atoms with E-state index in [2.05, 4.69) is 5.32 Å². The van der Waals surface area contributed by atoms with Gasteiger partial charge in [-0.3, -0.25) is 0 Å². The van der Waals surface area contributed by atoms with E-state index in [1.54, 1.807) is 0 Å². The van der Waals surface area contributed by atoms with Gasteiger partial charge in [0.05, 0.1) is 0 Å². The van der Waals surface area contributed by atoms with E-state index in [0.29, 0.717) is 10.9 Å². The van der Waals surface area contributed by atoms with Crippen LogP contribution in [0.5, 0.6) is 0 Å². The molecule has 0 saturated heterocycles. The molecule has 0 aromatic heterocycles. The summed E-state index contributed by atoms with van der Waals surface area (Å²) in [5, 5.41) is 4.71. The van der Waals surface area contributed by atoms with Crippen molar-refractivity contribution in [3.63, 3.8) is 0 Å². The van der Waals surface area contributed by atoms with Crippen LogP contribution < -0.4 is 5.32 Å². The highest BCUT2D eigenvalue weighted by Crippen LogP contribution is 2.49. The van der Waals surface area contributed by atoms with E-state index in [4.69, 9.17) is 23.2 Å². The Morgan fingerprint density at radius 2 is 2.21 bits per heavy atom. The van der Waals surface area contributed by atoms with E-state index < -0.39 is 0 Å². The highest BCUT2D eigenvalue weighted by molar-refractivity contribution is 6.35. The fourth-order valence-electron chi connectivity index (χ4n) is 1.92. The van der Waals surface area contributed by atoms with Gasteiger partial charge in [0.15, 0.2) is 0 Å². The Morgan fingerprint density at radius 1 is 1.43 bits per heavy atom. The zero-order valence-corrected chi connectivity index (χ0v) is 9.57. The molecule has 0 amide bonds. The summed E-state index contributed by atoms with van der Waals surface area (Å²) in [6.07, 6.45) is 1.24. The highest BCUT2D eigenvalue weighted by atomic mass is 35.5. The second kappa shape index (κ2) is 4.09. The van der Waals surface area contributed by atoms with Crippen molar-refractivity contribution in [1.29, 1.82) is 0 Å². The van der Waals surface area contributed by atoms with Gasteiger partial charge in [0, 0.05) is 10.0 Å². The van der Waals surface area contributed by atoms with Gasteiger partial charge in [-0.2, -0.15) is 0 Å². The molecular formula is C11H13Cl2N. The Labute approximate surface area is 94.4 Å². The molecule has 1 nitrogen and oxygen atoms in total. The largest absolute Gasteiger partial charge is 0.319 e. The standard InChI is InChI=1S/C11H13Cl2N/c1-14-6-7-4-10(7)9-3-2-8(12)5-11(9)13/h2-3,5,7,10,14H,4,6H2,1H3/t7-,10-/m0/s1. The van der Waals surface area contributed by atoms with Crippen LogP contribution in [-0.2, 0) is 0 Å². The minimum atomic E-state index is 0.632. The molecular weight excluding hydrogens is 217 g/mol. The zero-order valence-electron chi connectivity index (χ0n) is 8.06. The van der Waals surface area contributed by atoms with E-state index in [-0.39, 0.29) is 0 Å². The molecule has 1 fully saturated rings. The van der Waals surface area contributed by atoms with Gasteiger partial charge in [-0.25, -0.2) is 0 Å². The van der Waals surface area contributed by atoms with Gasteiger partial charge < -0.3 is 5.32 Å². The normalized spacial score (nSPS) is 25.1. The lowest BCUT2D eigenvalue weighted by atomic mass is 10.1. The Morgan fingerprint density at radius 3 is 2.86 bits per heavy atom. The summed E-state index contributed by atoms with van der Waals surface area (Å²) < 4.78 is 0. The van der Waals surface area contributed by atoms with Crippen LogP contribution in [0.15, 0.2) is 18.2 Å². The smallest absolute Gasteiger partial charge is 0.0455 e. The lowest BCUT2D eigenvalue weighted by Crippen LogP contribution is -2.10. The maximum Gasteiger partial charge on any atom is 0.0455 e. The van der Waals surface area contributed by atoms with Crippen molar-refractivity contribution in [2.75, 3.05) is 13.6 Å². The van der Waals surface area contributed by atoms with Gasteiger partial charge in [0.2, 0.25) is 0 Å². The molecule has 0 radical (unpaired) electrons. The van der Waals surface area contributed by atoms with Crippen LogP contribution in [0.2, 0.25) is 10.0 Å². The third-order valence-corrected chi connectivity index (χ3v) is 3.31. The first-order chi connectivity index (χ1) is 6.72. The van der Waals surface area contributed by atoms with Crippen molar-refractivity contribution in [2.24, 2.45) is 5.92 Å². The Balaban J connectivity index is 2.11. The average molecular weight is 230 g/mol. The van der Waals surface area contributed by atoms with Gasteiger partial charge in [0.1, 0.15) is 0 Å². The summed E-state index contributed by atoms with van der Waals surface area (Å²) >= 11 is 12.0. The molecule has 3 heteroatoms. The summed E-state index contributed by atoms with van der Waals surface area (Å²) in [5.41, 5.74) is 1.25. The van der Waals surface area contributed by atoms with Crippen molar-refractivity contribution in [3.8, 4) is 0 Å². The molecule has 0 unspecified atom stereocenters. The zero-order chi connectivity index (χ0) is 10.1. The SMILES string of the molecule is CNC[C@@H]1C[C@@H]1c1ccc(Cl)cc1Cl. The van der Waals surface area contributed by atoms with Crippen LogP contribution in [0.3, 0.4) is 0 Å². The van der Waals surface area contributed by atoms with Gasteiger partial charge in [-0.05, 0) is 49.5 Å². The molecule has 2 rings (SSSR count). The summed E-state index contributed by atoms with van der Waals surface area (Å²) in [5.74, 6) is 1.38. The van der Waals surface area contributed by atoms with Gasteiger partial charge >= 0.3 is 0 Å². The Bertz CT molecular complexity index is 338. The first kappa shape index (κ1) is 10.3. The molecule has 1 N–H and O–H groups in total. The van der Waals surface area contributed by atoms with Gasteiger partial charge in [0.25, 0.3) is 0 Å². The third kappa shape index (κ3) is 2.05. The van der Waals surface area contributed by atoms with E-state index in [9.17, 15) is 0 Å². The summed E-state index contributed by atoms with van der Waals surface area (Å²) in [6, 6.07) is 5.79. The highest BCUT2D eigenvalue weighted by Gasteiger charge is 2.38. The summed E-state index contributed by atoms with van der Waals surface area (Å²) in [7, 11) is 1.98. The maximum atomic E-state index is 6.13. The van der Waals surface area contributed by atoms with Crippen molar-refractivity contribution < 1.29 is 0 Å². The minimum absolute atomic E-state index is 0.632. The van der Waals surface area contributed by atoms with E-state index in [0.717, 1.165) is 17.5 Å². The molecule has 1 aromatic carbocycles. The predicted octanol–water partition coefficient (Wildman–Crippen LogP) is 3.32. The fraction of sp³-hybridized carbons (Fsp3) is 0.455. The molecule has 1 aliphatic rings. The van der Waals surface area contributed by atoms with Crippen LogP contribution in [0, 0.1) is 5.92 Å². The number of hydrogen-bond acceptors (Lipinski definition) is 1. The van der Waals surface area contributed by atoms with Crippen LogP contribution in [0.25, 0.3) is 0 Å². The molecule has 1 aliphatic carbocycles. The first-order valence-electron chi connectivity index (χ1n) is 4.82. The van der Waals surface area contributed by atoms with Crippen molar-refractivity contribution >= 4 is 23.2 Å². The fourth-order valence-corrected chi connectivity index (χ4v) is 2.47. The molecule has 0 aliphatic heterocycles. The van der Waals surface area contributed by atoms with E-state index >= 15 is 0 Å². The van der Waals surface area contributed by atoms with Crippen molar-refractivity contribution in [3.05, 3.63) is 33.8 Å². The Kier molecular flexibility index (Phi) is 3.01. The summed E-state index contributed by atoms with van der Waals surface area (Å²) in [4.78, 5) is 0. The lowest BCUT2D eigenvalue weighted by molar-refractivity contribution is 0.698. The monoisotopic (exact) mass is 229 g/mol. The number of halogens is 2. The first-order valence-corrected chi connectivity index (χ1v) is 5.57. The quantitative estimate of drug-likeness (QED) is 0.839.